The molecule has 6 heteroatoms. The largest absolute Gasteiger partial charge is 0.373 e. The second-order valence-corrected chi connectivity index (χ2v) is 7.06. The molecule has 2 heterocycles. The first kappa shape index (κ1) is 14.8. The second kappa shape index (κ2) is 6.30. The quantitative estimate of drug-likeness (QED) is 0.910. The molecule has 1 aliphatic heterocycles. The Labute approximate surface area is 133 Å². The summed E-state index contributed by atoms with van der Waals surface area (Å²) < 4.78 is 5.76. The third-order valence-corrected chi connectivity index (χ3v) is 4.78. The number of nitrogens with zero attached hydrogens (tertiary/aromatic N) is 2. The van der Waals surface area contributed by atoms with E-state index in [9.17, 15) is 0 Å². The normalized spacial score (nSPS) is 21.6. The molecule has 21 heavy (non-hydrogen) atoms. The molecule has 1 aliphatic rings. The van der Waals surface area contributed by atoms with Crippen molar-refractivity contribution in [2.75, 3.05) is 18.5 Å². The molecule has 1 atom stereocenters. The lowest BCUT2D eigenvalue weighted by Gasteiger charge is -2.22. The van der Waals surface area contributed by atoms with Gasteiger partial charge in [0, 0.05) is 24.6 Å². The summed E-state index contributed by atoms with van der Waals surface area (Å²) in [6, 6.07) is 7.83. The zero-order valence-corrected chi connectivity index (χ0v) is 13.5. The lowest BCUT2D eigenvalue weighted by molar-refractivity contribution is 0.0315. The predicted molar refractivity (Wildman–Crippen MR) is 86.2 cm³/mol. The molecule has 1 saturated heterocycles. The second-order valence-electron chi connectivity index (χ2n) is 5.56. The number of hydrogen-bond donors (Lipinski definition) is 1. The van der Waals surface area contributed by atoms with E-state index >= 15 is 0 Å². The van der Waals surface area contributed by atoms with E-state index in [1.807, 2.05) is 24.3 Å². The molecule has 0 saturated carbocycles. The van der Waals surface area contributed by atoms with Crippen molar-refractivity contribution in [1.29, 1.82) is 0 Å². The van der Waals surface area contributed by atoms with E-state index in [4.69, 9.17) is 16.3 Å². The Morgan fingerprint density at radius 3 is 2.86 bits per heavy atom. The molecule has 1 aromatic carbocycles. The van der Waals surface area contributed by atoms with Crippen LogP contribution >= 0.6 is 22.9 Å². The minimum Gasteiger partial charge on any atom is -0.373 e. The summed E-state index contributed by atoms with van der Waals surface area (Å²) in [6.07, 6.45) is 3.01. The standard InChI is InChI=1S/C15H18ClN3OS/c1-15(7-2-8-20-15)10-17-14-19-18-13(21-14)9-11-3-5-12(16)6-4-11/h3-6H,2,7-10H2,1H3,(H,17,19). The fourth-order valence-corrected chi connectivity index (χ4v) is 3.31. The summed E-state index contributed by atoms with van der Waals surface area (Å²) in [5.74, 6) is 0. The maximum absolute atomic E-state index is 5.89. The first-order chi connectivity index (χ1) is 10.1. The molecule has 0 radical (unpaired) electrons. The minimum atomic E-state index is -0.0674. The van der Waals surface area contributed by atoms with Gasteiger partial charge in [-0.2, -0.15) is 0 Å². The molecular formula is C15H18ClN3OS. The number of ether oxygens (including phenoxy) is 1. The van der Waals surface area contributed by atoms with Gasteiger partial charge in [-0.15, -0.1) is 10.2 Å². The first-order valence-electron chi connectivity index (χ1n) is 7.08. The van der Waals surface area contributed by atoms with E-state index in [1.165, 1.54) is 5.56 Å². The summed E-state index contributed by atoms with van der Waals surface area (Å²) in [5, 5.41) is 14.4. The average Bonchev–Trinajstić information content (AvgIpc) is 3.09. The lowest BCUT2D eigenvalue weighted by Crippen LogP contribution is -2.32. The van der Waals surface area contributed by atoms with Crippen LogP contribution < -0.4 is 5.32 Å². The van der Waals surface area contributed by atoms with Crippen LogP contribution in [0.5, 0.6) is 0 Å². The van der Waals surface area contributed by atoms with E-state index in [0.29, 0.717) is 0 Å². The number of hydrogen-bond acceptors (Lipinski definition) is 5. The smallest absolute Gasteiger partial charge is 0.205 e. The summed E-state index contributed by atoms with van der Waals surface area (Å²) in [4.78, 5) is 0. The van der Waals surface area contributed by atoms with Gasteiger partial charge in [-0.05, 0) is 37.5 Å². The fraction of sp³-hybridized carbons (Fsp3) is 0.467. The van der Waals surface area contributed by atoms with Crippen LogP contribution in [-0.4, -0.2) is 29.0 Å². The molecule has 0 bridgehead atoms. The van der Waals surface area contributed by atoms with E-state index in [-0.39, 0.29) is 5.60 Å². The number of aromatic nitrogens is 2. The number of halogens is 1. The van der Waals surface area contributed by atoms with Gasteiger partial charge < -0.3 is 10.1 Å². The Morgan fingerprint density at radius 1 is 1.33 bits per heavy atom. The molecular weight excluding hydrogens is 306 g/mol. The zero-order valence-electron chi connectivity index (χ0n) is 11.9. The molecule has 112 valence electrons. The van der Waals surface area contributed by atoms with E-state index in [0.717, 1.165) is 47.6 Å². The van der Waals surface area contributed by atoms with Crippen molar-refractivity contribution in [2.24, 2.45) is 0 Å². The van der Waals surface area contributed by atoms with Crippen molar-refractivity contribution in [3.05, 3.63) is 39.9 Å². The maximum Gasteiger partial charge on any atom is 0.205 e. The van der Waals surface area contributed by atoms with Crippen LogP contribution in [0.15, 0.2) is 24.3 Å². The highest BCUT2D eigenvalue weighted by Gasteiger charge is 2.29. The third-order valence-electron chi connectivity index (χ3n) is 3.65. The molecule has 1 N–H and O–H groups in total. The average molecular weight is 324 g/mol. The summed E-state index contributed by atoms with van der Waals surface area (Å²) in [7, 11) is 0. The van der Waals surface area contributed by atoms with Gasteiger partial charge in [-0.25, -0.2) is 0 Å². The van der Waals surface area contributed by atoms with Crippen LogP contribution in [0.2, 0.25) is 5.02 Å². The Bertz CT molecular complexity index is 593. The number of benzene rings is 1. The van der Waals surface area contributed by atoms with Crippen molar-refractivity contribution in [3.63, 3.8) is 0 Å². The van der Waals surface area contributed by atoms with Gasteiger partial charge >= 0.3 is 0 Å². The van der Waals surface area contributed by atoms with Crippen molar-refractivity contribution in [2.45, 2.75) is 31.8 Å². The highest BCUT2D eigenvalue weighted by molar-refractivity contribution is 7.15. The van der Waals surface area contributed by atoms with Crippen molar-refractivity contribution in [1.82, 2.24) is 10.2 Å². The van der Waals surface area contributed by atoms with E-state index in [2.05, 4.69) is 22.4 Å². The molecule has 1 aromatic heterocycles. The number of anilines is 1. The van der Waals surface area contributed by atoms with Crippen LogP contribution in [-0.2, 0) is 11.2 Å². The topological polar surface area (TPSA) is 47.0 Å². The lowest BCUT2D eigenvalue weighted by atomic mass is 10.0. The van der Waals surface area contributed by atoms with Gasteiger partial charge in [-0.1, -0.05) is 35.1 Å². The monoisotopic (exact) mass is 323 g/mol. The van der Waals surface area contributed by atoms with Crippen LogP contribution in [0.1, 0.15) is 30.3 Å². The minimum absolute atomic E-state index is 0.0674. The SMILES string of the molecule is CC1(CNc2nnc(Cc3ccc(Cl)cc3)s2)CCCO1. The molecule has 0 aliphatic carbocycles. The van der Waals surface area contributed by atoms with E-state index < -0.39 is 0 Å². The van der Waals surface area contributed by atoms with Crippen molar-refractivity contribution >= 4 is 28.1 Å². The molecule has 0 amide bonds. The molecule has 4 nitrogen and oxygen atoms in total. The molecule has 2 aromatic rings. The van der Waals surface area contributed by atoms with Gasteiger partial charge in [-0.3, -0.25) is 0 Å². The van der Waals surface area contributed by atoms with Crippen LogP contribution in [0.25, 0.3) is 0 Å². The van der Waals surface area contributed by atoms with Crippen molar-refractivity contribution < 1.29 is 4.74 Å². The Hall–Kier alpha value is -1.17. The van der Waals surface area contributed by atoms with Gasteiger partial charge in [0.1, 0.15) is 5.01 Å². The summed E-state index contributed by atoms with van der Waals surface area (Å²) >= 11 is 7.48. The molecule has 1 unspecified atom stereocenters. The van der Waals surface area contributed by atoms with Crippen LogP contribution in [0.4, 0.5) is 5.13 Å². The van der Waals surface area contributed by atoms with Crippen LogP contribution in [0, 0.1) is 0 Å². The Morgan fingerprint density at radius 2 is 2.14 bits per heavy atom. The van der Waals surface area contributed by atoms with Gasteiger partial charge in [0.25, 0.3) is 0 Å². The summed E-state index contributed by atoms with van der Waals surface area (Å²) in [5.41, 5.74) is 1.12. The maximum atomic E-state index is 5.89. The molecule has 0 spiro atoms. The number of rotatable bonds is 5. The summed E-state index contributed by atoms with van der Waals surface area (Å²) in [6.45, 7) is 3.78. The third kappa shape index (κ3) is 3.93. The number of nitrogens with one attached hydrogen (secondary N) is 1. The highest BCUT2D eigenvalue weighted by Crippen LogP contribution is 2.26. The first-order valence-corrected chi connectivity index (χ1v) is 8.27. The van der Waals surface area contributed by atoms with Crippen LogP contribution in [0.3, 0.4) is 0 Å². The van der Waals surface area contributed by atoms with Gasteiger partial charge in [0.05, 0.1) is 5.60 Å². The van der Waals surface area contributed by atoms with Crippen molar-refractivity contribution in [3.8, 4) is 0 Å². The predicted octanol–water partition coefficient (Wildman–Crippen LogP) is 3.76. The Kier molecular flexibility index (Phi) is 4.42. The fourth-order valence-electron chi connectivity index (χ4n) is 2.41. The molecule has 1 fully saturated rings. The van der Waals surface area contributed by atoms with Gasteiger partial charge in [0.2, 0.25) is 5.13 Å². The highest BCUT2D eigenvalue weighted by atomic mass is 35.5. The zero-order chi connectivity index (χ0) is 14.7. The molecule has 3 rings (SSSR count). The van der Waals surface area contributed by atoms with Gasteiger partial charge in [0.15, 0.2) is 0 Å². The Balaban J connectivity index is 1.57. The van der Waals surface area contributed by atoms with E-state index in [1.54, 1.807) is 11.3 Å².